The summed E-state index contributed by atoms with van der Waals surface area (Å²) in [5.41, 5.74) is -0.139. The number of carbonyl (C=O) groups is 2. The van der Waals surface area contributed by atoms with Gasteiger partial charge in [0.25, 0.3) is 0 Å². The second-order valence-electron chi connectivity index (χ2n) is 3.73. The van der Waals surface area contributed by atoms with Crippen molar-refractivity contribution in [1.82, 2.24) is 4.90 Å². The van der Waals surface area contributed by atoms with Gasteiger partial charge < -0.3 is 15.1 Å². The summed E-state index contributed by atoms with van der Waals surface area (Å²) in [5.74, 6) is -2.35. The Morgan fingerprint density at radius 3 is 1.88 bits per heavy atom. The number of aliphatic carboxylic acids is 2. The Morgan fingerprint density at radius 1 is 1.19 bits per heavy atom. The Bertz CT molecular complexity index is 299. The second-order valence-corrected chi connectivity index (χ2v) is 3.73. The van der Waals surface area contributed by atoms with Crippen molar-refractivity contribution in [2.24, 2.45) is 0 Å². The SMILES string of the molecule is C/C(C(=O)O)=C(/CC(C)N(C)C)C(=O)O.Cl. The molecule has 0 aliphatic carbocycles. The van der Waals surface area contributed by atoms with Crippen molar-refractivity contribution in [1.29, 1.82) is 0 Å². The molecular weight excluding hydrogens is 234 g/mol. The van der Waals surface area contributed by atoms with E-state index < -0.39 is 11.9 Å². The van der Waals surface area contributed by atoms with Gasteiger partial charge in [0.05, 0.1) is 0 Å². The quantitative estimate of drug-likeness (QED) is 0.719. The van der Waals surface area contributed by atoms with Crippen molar-refractivity contribution < 1.29 is 19.8 Å². The molecule has 1 unspecified atom stereocenters. The lowest BCUT2D eigenvalue weighted by Gasteiger charge is -2.20. The Labute approximate surface area is 101 Å². The largest absolute Gasteiger partial charge is 0.478 e. The maximum absolute atomic E-state index is 10.9. The lowest BCUT2D eigenvalue weighted by atomic mass is 10.0. The van der Waals surface area contributed by atoms with Crippen molar-refractivity contribution in [2.45, 2.75) is 26.3 Å². The van der Waals surface area contributed by atoms with E-state index in [9.17, 15) is 9.59 Å². The van der Waals surface area contributed by atoms with Crippen molar-refractivity contribution in [2.75, 3.05) is 14.1 Å². The third-order valence-electron chi connectivity index (χ3n) is 2.41. The molecule has 5 nitrogen and oxygen atoms in total. The summed E-state index contributed by atoms with van der Waals surface area (Å²) in [7, 11) is 3.64. The van der Waals surface area contributed by atoms with Crippen LogP contribution >= 0.6 is 12.4 Å². The fraction of sp³-hybridized carbons (Fsp3) is 0.600. The molecule has 16 heavy (non-hydrogen) atoms. The predicted molar refractivity (Wildman–Crippen MR) is 63.0 cm³/mol. The molecular formula is C10H18ClNO4. The van der Waals surface area contributed by atoms with Crippen molar-refractivity contribution in [3.8, 4) is 0 Å². The molecule has 2 N–H and O–H groups in total. The van der Waals surface area contributed by atoms with E-state index in [1.807, 2.05) is 25.9 Å². The van der Waals surface area contributed by atoms with E-state index in [-0.39, 0.29) is 36.0 Å². The summed E-state index contributed by atoms with van der Waals surface area (Å²) in [5, 5.41) is 17.6. The zero-order chi connectivity index (χ0) is 12.2. The van der Waals surface area contributed by atoms with Crippen molar-refractivity contribution in [3.63, 3.8) is 0 Å². The van der Waals surface area contributed by atoms with E-state index in [0.717, 1.165) is 0 Å². The molecule has 6 heteroatoms. The highest BCUT2D eigenvalue weighted by atomic mass is 35.5. The lowest BCUT2D eigenvalue weighted by Crippen LogP contribution is -2.27. The van der Waals surface area contributed by atoms with Crippen LogP contribution in [0, 0.1) is 0 Å². The molecule has 0 bridgehead atoms. The monoisotopic (exact) mass is 251 g/mol. The Morgan fingerprint density at radius 2 is 1.62 bits per heavy atom. The molecule has 0 heterocycles. The summed E-state index contributed by atoms with van der Waals surface area (Å²) in [6.45, 7) is 3.16. The second kappa shape index (κ2) is 7.24. The summed E-state index contributed by atoms with van der Waals surface area (Å²) in [4.78, 5) is 23.4. The summed E-state index contributed by atoms with van der Waals surface area (Å²) in [6.07, 6.45) is 0.223. The van der Waals surface area contributed by atoms with E-state index >= 15 is 0 Å². The normalized spacial score (nSPS) is 13.8. The maximum atomic E-state index is 10.9. The Kier molecular flexibility index (Phi) is 7.85. The minimum atomic E-state index is -1.18. The van der Waals surface area contributed by atoms with Crippen LogP contribution in [0.4, 0.5) is 0 Å². The molecule has 0 fully saturated rings. The van der Waals surface area contributed by atoms with Crippen LogP contribution < -0.4 is 0 Å². The molecule has 0 saturated heterocycles. The number of carboxylic acid groups (broad SMARTS) is 2. The van der Waals surface area contributed by atoms with Gasteiger partial charge in [-0.1, -0.05) is 0 Å². The smallest absolute Gasteiger partial charge is 0.332 e. The van der Waals surface area contributed by atoms with Gasteiger partial charge in [-0.2, -0.15) is 0 Å². The first-order valence-corrected chi connectivity index (χ1v) is 4.60. The zero-order valence-electron chi connectivity index (χ0n) is 9.85. The van der Waals surface area contributed by atoms with Crippen LogP contribution in [-0.2, 0) is 9.59 Å². The van der Waals surface area contributed by atoms with E-state index in [1.165, 1.54) is 6.92 Å². The molecule has 0 aromatic heterocycles. The van der Waals surface area contributed by atoms with Gasteiger partial charge in [-0.3, -0.25) is 0 Å². The van der Waals surface area contributed by atoms with E-state index in [2.05, 4.69) is 0 Å². The number of halogens is 1. The third-order valence-corrected chi connectivity index (χ3v) is 2.41. The molecule has 0 spiro atoms. The molecule has 0 aliphatic heterocycles. The van der Waals surface area contributed by atoms with Gasteiger partial charge in [0.1, 0.15) is 0 Å². The minimum absolute atomic E-state index is 0. The van der Waals surface area contributed by atoms with Crippen LogP contribution in [0.1, 0.15) is 20.3 Å². The third kappa shape index (κ3) is 5.14. The standard InChI is InChI=1S/C10H17NO4.ClH/c1-6(11(3)4)5-8(10(14)15)7(2)9(12)13;/h6H,5H2,1-4H3,(H,12,13)(H,14,15);1H/b8-7+;. The van der Waals surface area contributed by atoms with Gasteiger partial charge in [0.15, 0.2) is 0 Å². The number of hydrogen-bond acceptors (Lipinski definition) is 3. The molecule has 0 aromatic rings. The van der Waals surface area contributed by atoms with Gasteiger partial charge in [-0.15, -0.1) is 12.4 Å². The average molecular weight is 252 g/mol. The average Bonchev–Trinajstić information content (AvgIpc) is 2.11. The molecule has 0 rings (SSSR count). The van der Waals surface area contributed by atoms with Gasteiger partial charge in [0.2, 0.25) is 0 Å². The first-order valence-electron chi connectivity index (χ1n) is 4.60. The van der Waals surface area contributed by atoms with Crippen LogP contribution in [0.15, 0.2) is 11.1 Å². The lowest BCUT2D eigenvalue weighted by molar-refractivity contribution is -0.136. The number of hydrogen-bond donors (Lipinski definition) is 2. The summed E-state index contributed by atoms with van der Waals surface area (Å²) >= 11 is 0. The van der Waals surface area contributed by atoms with Crippen LogP contribution in [0.3, 0.4) is 0 Å². The molecule has 1 atom stereocenters. The van der Waals surface area contributed by atoms with Crippen LogP contribution in [0.2, 0.25) is 0 Å². The topological polar surface area (TPSA) is 77.8 Å². The highest BCUT2D eigenvalue weighted by molar-refractivity contribution is 5.98. The molecule has 0 radical (unpaired) electrons. The zero-order valence-corrected chi connectivity index (χ0v) is 10.7. The number of rotatable bonds is 5. The van der Waals surface area contributed by atoms with E-state index in [1.54, 1.807) is 0 Å². The Hall–Kier alpha value is -1.07. The van der Waals surface area contributed by atoms with Crippen molar-refractivity contribution in [3.05, 3.63) is 11.1 Å². The maximum Gasteiger partial charge on any atom is 0.332 e. The minimum Gasteiger partial charge on any atom is -0.478 e. The van der Waals surface area contributed by atoms with Gasteiger partial charge in [-0.05, 0) is 34.4 Å². The first kappa shape index (κ1) is 17.3. The molecule has 0 amide bonds. The highest BCUT2D eigenvalue weighted by Crippen LogP contribution is 2.14. The summed E-state index contributed by atoms with van der Waals surface area (Å²) < 4.78 is 0. The fourth-order valence-electron chi connectivity index (χ4n) is 1.01. The first-order chi connectivity index (χ1) is 6.77. The Balaban J connectivity index is 0. The van der Waals surface area contributed by atoms with E-state index in [4.69, 9.17) is 10.2 Å². The fourth-order valence-corrected chi connectivity index (χ4v) is 1.01. The predicted octanol–water partition coefficient (Wildman–Crippen LogP) is 1.23. The number of nitrogens with zero attached hydrogens (tertiary/aromatic N) is 1. The molecule has 94 valence electrons. The number of carboxylic acids is 2. The molecule has 0 saturated carbocycles. The van der Waals surface area contributed by atoms with Crippen molar-refractivity contribution >= 4 is 24.3 Å². The van der Waals surface area contributed by atoms with E-state index in [0.29, 0.717) is 0 Å². The van der Waals surface area contributed by atoms with Gasteiger partial charge >= 0.3 is 11.9 Å². The highest BCUT2D eigenvalue weighted by Gasteiger charge is 2.19. The van der Waals surface area contributed by atoms with Gasteiger partial charge in [0, 0.05) is 17.2 Å². The summed E-state index contributed by atoms with van der Waals surface area (Å²) in [6, 6.07) is -0.00889. The van der Waals surface area contributed by atoms with Gasteiger partial charge in [-0.25, -0.2) is 9.59 Å². The molecule has 0 aliphatic rings. The van der Waals surface area contributed by atoms with Crippen LogP contribution in [0.25, 0.3) is 0 Å². The van der Waals surface area contributed by atoms with Crippen LogP contribution in [0.5, 0.6) is 0 Å². The molecule has 0 aromatic carbocycles. The van der Waals surface area contributed by atoms with Crippen LogP contribution in [-0.4, -0.2) is 47.2 Å².